The summed E-state index contributed by atoms with van der Waals surface area (Å²) in [7, 11) is 16.4. The molecule has 0 bridgehead atoms. The van der Waals surface area contributed by atoms with Crippen LogP contribution in [0.2, 0.25) is 0 Å². The van der Waals surface area contributed by atoms with Gasteiger partial charge in [0.2, 0.25) is 0 Å². The van der Waals surface area contributed by atoms with E-state index >= 15 is 0 Å². The van der Waals surface area contributed by atoms with Crippen LogP contribution in [0, 0.1) is 0 Å². The summed E-state index contributed by atoms with van der Waals surface area (Å²) < 4.78 is -0.479. The molecule has 0 nitrogen and oxygen atoms in total. The molecule has 0 spiro atoms. The van der Waals surface area contributed by atoms with E-state index in [-0.39, 0.29) is 14.5 Å². The van der Waals surface area contributed by atoms with Crippen molar-refractivity contribution in [3.8, 4) is 0 Å². The average Bonchev–Trinajstić information content (AvgIpc) is 3.50. The minimum absolute atomic E-state index is 0.0143. The van der Waals surface area contributed by atoms with Crippen molar-refractivity contribution >= 4 is 40.5 Å². The summed E-state index contributed by atoms with van der Waals surface area (Å²) in [6, 6.07) is 35.4. The van der Waals surface area contributed by atoms with E-state index in [9.17, 15) is 0 Å². The van der Waals surface area contributed by atoms with E-state index in [1.165, 1.54) is 55.7 Å². The SMILES string of the molecule is CC(C)(C)c1cc(C2=Cc3ccccc3[CH]2[Hf]([Cl])([Cl])[C]2(C)C(c3ccccc3)=Cc3ccccc32)cc(C(C)(C)C)c1. The average molecular weight is 758 g/mol. The van der Waals surface area contributed by atoms with E-state index in [2.05, 4.69) is 158 Å². The molecule has 0 saturated carbocycles. The van der Waals surface area contributed by atoms with Crippen molar-refractivity contribution in [3.63, 3.8) is 0 Å². The molecule has 2 unspecified atom stereocenters. The number of fused-ring (bicyclic) bond motifs is 2. The fourth-order valence-electron chi connectivity index (χ4n) is 6.79. The van der Waals surface area contributed by atoms with Gasteiger partial charge in [-0.3, -0.25) is 0 Å². The molecule has 0 aromatic heterocycles. The summed E-state index contributed by atoms with van der Waals surface area (Å²) in [5, 5.41) is 0. The quantitative estimate of drug-likeness (QED) is 0.182. The van der Waals surface area contributed by atoms with Crippen LogP contribution in [0.15, 0.2) is 97.1 Å². The Kier molecular flexibility index (Phi) is 7.44. The Labute approximate surface area is 264 Å². The van der Waals surface area contributed by atoms with Crippen molar-refractivity contribution in [1.82, 2.24) is 0 Å². The van der Waals surface area contributed by atoms with E-state index < -0.39 is 20.8 Å². The van der Waals surface area contributed by atoms with Gasteiger partial charge in [0.25, 0.3) is 0 Å². The molecule has 0 aliphatic heterocycles. The molecule has 0 radical (unpaired) electrons. The molecule has 42 heavy (non-hydrogen) atoms. The Hall–Kier alpha value is -2.19. The van der Waals surface area contributed by atoms with Crippen LogP contribution in [0.1, 0.15) is 96.6 Å². The zero-order chi connectivity index (χ0) is 30.1. The molecule has 0 amide bonds. The molecule has 3 heteroatoms. The number of benzene rings is 4. The van der Waals surface area contributed by atoms with Crippen LogP contribution in [0.25, 0.3) is 23.3 Å². The van der Waals surface area contributed by atoms with Gasteiger partial charge in [0.15, 0.2) is 0 Å². The van der Waals surface area contributed by atoms with Gasteiger partial charge in [0.05, 0.1) is 0 Å². The summed E-state index contributed by atoms with van der Waals surface area (Å²) in [6.45, 7) is 16.1. The first-order chi connectivity index (χ1) is 19.7. The van der Waals surface area contributed by atoms with E-state index in [1.807, 2.05) is 0 Å². The second-order valence-corrected chi connectivity index (χ2v) is 35.7. The Balaban J connectivity index is 1.60. The van der Waals surface area contributed by atoms with Gasteiger partial charge >= 0.3 is 266 Å². The number of hydrogen-bond acceptors (Lipinski definition) is 0. The van der Waals surface area contributed by atoms with Gasteiger partial charge in [0.1, 0.15) is 0 Å². The summed E-state index contributed by atoms with van der Waals surface area (Å²) in [5.74, 6) is 0. The third-order valence-electron chi connectivity index (χ3n) is 9.38. The predicted molar refractivity (Wildman–Crippen MR) is 181 cm³/mol. The van der Waals surface area contributed by atoms with Crippen molar-refractivity contribution in [2.24, 2.45) is 0 Å². The summed E-state index contributed by atoms with van der Waals surface area (Å²) >= 11 is -4.51. The van der Waals surface area contributed by atoms with Gasteiger partial charge in [-0.2, -0.15) is 0 Å². The van der Waals surface area contributed by atoms with Gasteiger partial charge in [0, 0.05) is 0 Å². The molecule has 0 N–H and O–H groups in total. The molecule has 2 atom stereocenters. The predicted octanol–water partition coefficient (Wildman–Crippen LogP) is 11.8. The van der Waals surface area contributed by atoms with Crippen LogP contribution in [0.3, 0.4) is 0 Å². The van der Waals surface area contributed by atoms with E-state index in [0.29, 0.717) is 0 Å². The van der Waals surface area contributed by atoms with Crippen LogP contribution in [-0.4, -0.2) is 0 Å². The fourth-order valence-corrected chi connectivity index (χ4v) is 24.9. The molecule has 2 aliphatic rings. The number of hydrogen-bond donors (Lipinski definition) is 0. The molecule has 0 heterocycles. The van der Waals surface area contributed by atoms with Gasteiger partial charge < -0.3 is 0 Å². The molecule has 0 fully saturated rings. The van der Waals surface area contributed by atoms with Crippen molar-refractivity contribution in [3.05, 3.63) is 142 Å². The van der Waals surface area contributed by atoms with Crippen molar-refractivity contribution < 1.29 is 17.6 Å². The van der Waals surface area contributed by atoms with Gasteiger partial charge in [-0.15, -0.1) is 0 Å². The van der Waals surface area contributed by atoms with E-state index in [1.54, 1.807) is 0 Å². The maximum atomic E-state index is 8.20. The fraction of sp³-hybridized carbons (Fsp3) is 0.282. The zero-order valence-electron chi connectivity index (χ0n) is 25.7. The molecule has 4 aromatic carbocycles. The van der Waals surface area contributed by atoms with Crippen LogP contribution >= 0.6 is 17.2 Å². The molecule has 2 aliphatic carbocycles. The Morgan fingerprint density at radius 2 is 1.17 bits per heavy atom. The molecule has 4 aromatic rings. The Bertz CT molecular complexity index is 1700. The molecular weight excluding hydrogens is 718 g/mol. The number of allylic oxidation sites excluding steroid dienone is 2. The van der Waals surface area contributed by atoms with Gasteiger partial charge in [-0.05, 0) is 0 Å². The van der Waals surface area contributed by atoms with Crippen LogP contribution < -0.4 is 0 Å². The topological polar surface area (TPSA) is 0 Å². The normalized spacial score (nSPS) is 20.2. The summed E-state index contributed by atoms with van der Waals surface area (Å²) in [5.41, 5.74) is 12.7. The molecular formula is C39H40Cl2Hf. The Morgan fingerprint density at radius 1 is 0.619 bits per heavy atom. The van der Waals surface area contributed by atoms with Crippen molar-refractivity contribution in [2.45, 2.75) is 66.1 Å². The maximum absolute atomic E-state index is 8.20. The van der Waals surface area contributed by atoms with Crippen LogP contribution in [0.4, 0.5) is 0 Å². The van der Waals surface area contributed by atoms with E-state index in [0.717, 1.165) is 0 Å². The molecule has 0 saturated heterocycles. The second-order valence-electron chi connectivity index (χ2n) is 14.2. The minimum atomic E-state index is -4.51. The Morgan fingerprint density at radius 3 is 1.79 bits per heavy atom. The van der Waals surface area contributed by atoms with Crippen molar-refractivity contribution in [1.29, 1.82) is 0 Å². The van der Waals surface area contributed by atoms with Crippen molar-refractivity contribution in [2.75, 3.05) is 0 Å². The first-order valence-electron chi connectivity index (χ1n) is 14.9. The molecule has 6 rings (SSSR count). The summed E-state index contributed by atoms with van der Waals surface area (Å²) in [6.07, 6.45) is 4.72. The van der Waals surface area contributed by atoms with Crippen LogP contribution in [-0.2, 0) is 31.6 Å². The van der Waals surface area contributed by atoms with Gasteiger partial charge in [-0.25, -0.2) is 0 Å². The van der Waals surface area contributed by atoms with Crippen LogP contribution in [0.5, 0.6) is 0 Å². The third kappa shape index (κ3) is 4.85. The standard InChI is InChI=1S/C23H27.C16H13.2ClH.Hf/c1-22(2,3)20-13-19(14-21(15-20)23(4,5)6)18-11-16-9-7-8-10-17(16)12-18;1-12-15-10-6-5-9-14(15)11-16(12)13-7-3-2-4-8-13;;;/h7-15H,1-6H3;2-11H,1H3;2*1H;/q;;;;+2/p-2. The first kappa shape index (κ1) is 29.9. The monoisotopic (exact) mass is 758 g/mol. The molecule has 214 valence electrons. The van der Waals surface area contributed by atoms with Gasteiger partial charge in [-0.1, -0.05) is 0 Å². The number of halogens is 2. The number of rotatable bonds is 4. The summed E-state index contributed by atoms with van der Waals surface area (Å²) in [4.78, 5) is 0. The first-order valence-corrected chi connectivity index (χ1v) is 27.7. The third-order valence-corrected chi connectivity index (χ3v) is 30.7. The van der Waals surface area contributed by atoms with E-state index in [4.69, 9.17) is 17.2 Å². The zero-order valence-corrected chi connectivity index (χ0v) is 30.8. The second kappa shape index (κ2) is 10.5.